The summed E-state index contributed by atoms with van der Waals surface area (Å²) in [7, 11) is 0. The zero-order valence-electron chi connectivity index (χ0n) is 23.5. The summed E-state index contributed by atoms with van der Waals surface area (Å²) in [4.78, 5) is 70.5. The standard InChI is InChI=1S/C25H36O16/c1-10(26)34-8-16-7-17(23(38-14(5)30)24(39-15(6)31)21(16)36-12(3)28)40-25-20(33)19(32)22(37-13(4)29)18(41-25)9-35-11(2)27/h16-25,32-33H,7-9H2,1-6H3/t16?,17-,18?,19?,20?,21+,22+,23?,24?,25-/m0/s1. The third kappa shape index (κ3) is 9.91. The largest absolute Gasteiger partial charge is 0.465 e. The van der Waals surface area contributed by atoms with E-state index in [1.54, 1.807) is 0 Å². The quantitative estimate of drug-likeness (QED) is 0.222. The van der Waals surface area contributed by atoms with Crippen LogP contribution in [-0.2, 0) is 66.7 Å². The molecule has 0 amide bonds. The molecule has 16 heteroatoms. The maximum absolute atomic E-state index is 12.1. The predicted molar refractivity (Wildman–Crippen MR) is 129 cm³/mol. The van der Waals surface area contributed by atoms with E-state index in [2.05, 4.69) is 0 Å². The van der Waals surface area contributed by atoms with Crippen LogP contribution >= 0.6 is 0 Å². The first-order chi connectivity index (χ1) is 19.1. The number of hydrogen-bond donors (Lipinski definition) is 2. The van der Waals surface area contributed by atoms with Gasteiger partial charge in [-0.1, -0.05) is 0 Å². The molecule has 1 aliphatic heterocycles. The van der Waals surface area contributed by atoms with Gasteiger partial charge in [0.15, 0.2) is 24.6 Å². The summed E-state index contributed by atoms with van der Waals surface area (Å²) in [6.07, 6.45) is -13.6. The van der Waals surface area contributed by atoms with Crippen LogP contribution in [0.25, 0.3) is 0 Å². The summed E-state index contributed by atoms with van der Waals surface area (Å²) >= 11 is 0. The number of esters is 6. The first-order valence-corrected chi connectivity index (χ1v) is 12.7. The summed E-state index contributed by atoms with van der Waals surface area (Å²) in [5.74, 6) is -5.45. The van der Waals surface area contributed by atoms with Gasteiger partial charge in [0.1, 0.15) is 37.1 Å². The molecule has 232 valence electrons. The van der Waals surface area contributed by atoms with Gasteiger partial charge in [-0.25, -0.2) is 0 Å². The number of carbonyl (C=O) groups is 6. The van der Waals surface area contributed by atoms with Crippen molar-refractivity contribution in [1.82, 2.24) is 0 Å². The third-order valence-electron chi connectivity index (χ3n) is 6.12. The molecule has 0 radical (unpaired) electrons. The van der Waals surface area contributed by atoms with Crippen molar-refractivity contribution in [3.8, 4) is 0 Å². The molecule has 0 aromatic carbocycles. The van der Waals surface area contributed by atoms with E-state index in [0.29, 0.717) is 0 Å². The number of carbonyl (C=O) groups excluding carboxylic acids is 6. The van der Waals surface area contributed by atoms with Gasteiger partial charge in [-0.05, 0) is 6.42 Å². The molecule has 1 aliphatic carbocycles. The fourth-order valence-electron chi connectivity index (χ4n) is 4.63. The van der Waals surface area contributed by atoms with Gasteiger partial charge in [0, 0.05) is 47.5 Å². The molecule has 0 aromatic heterocycles. The SMILES string of the molecule is CC(=O)OCC1C[C@H](O[C@H]2OC(COC(C)=O)[C@@H](OC(C)=O)C(O)C2O)C(OC(C)=O)C(OC(C)=O)[C@@H]1OC(C)=O. The molecule has 1 heterocycles. The van der Waals surface area contributed by atoms with Crippen LogP contribution in [0.2, 0.25) is 0 Å². The van der Waals surface area contributed by atoms with Crippen LogP contribution in [0, 0.1) is 5.92 Å². The van der Waals surface area contributed by atoms with Crippen molar-refractivity contribution in [3.05, 3.63) is 0 Å². The summed E-state index contributed by atoms with van der Waals surface area (Å²) in [5, 5.41) is 21.6. The van der Waals surface area contributed by atoms with Crippen LogP contribution in [0.1, 0.15) is 48.0 Å². The first kappa shape index (κ1) is 33.9. The van der Waals surface area contributed by atoms with Gasteiger partial charge in [0.25, 0.3) is 0 Å². The lowest BCUT2D eigenvalue weighted by Gasteiger charge is -2.47. The number of ether oxygens (including phenoxy) is 8. The average Bonchev–Trinajstić information content (AvgIpc) is 2.84. The van der Waals surface area contributed by atoms with Crippen molar-refractivity contribution >= 4 is 35.8 Å². The van der Waals surface area contributed by atoms with E-state index in [1.807, 2.05) is 0 Å². The average molecular weight is 593 g/mol. The Kier molecular flexibility index (Phi) is 12.4. The van der Waals surface area contributed by atoms with Gasteiger partial charge >= 0.3 is 35.8 Å². The van der Waals surface area contributed by atoms with Crippen molar-refractivity contribution in [1.29, 1.82) is 0 Å². The fourth-order valence-corrected chi connectivity index (χ4v) is 4.63. The van der Waals surface area contributed by atoms with E-state index in [0.717, 1.165) is 41.5 Å². The second-order valence-corrected chi connectivity index (χ2v) is 9.60. The van der Waals surface area contributed by atoms with E-state index in [-0.39, 0.29) is 13.0 Å². The zero-order valence-corrected chi connectivity index (χ0v) is 23.5. The van der Waals surface area contributed by atoms with Gasteiger partial charge in [0.2, 0.25) is 0 Å². The molecule has 1 saturated heterocycles. The Labute approximate surface area is 235 Å². The topological polar surface area (TPSA) is 217 Å². The molecule has 0 spiro atoms. The second-order valence-electron chi connectivity index (χ2n) is 9.60. The lowest BCUT2D eigenvalue weighted by Crippen LogP contribution is -2.64. The van der Waals surface area contributed by atoms with E-state index in [1.165, 1.54) is 0 Å². The van der Waals surface area contributed by atoms with Crippen molar-refractivity contribution in [3.63, 3.8) is 0 Å². The molecule has 2 N–H and O–H groups in total. The highest BCUT2D eigenvalue weighted by Gasteiger charge is 2.54. The number of hydrogen-bond acceptors (Lipinski definition) is 16. The molecule has 2 fully saturated rings. The minimum Gasteiger partial charge on any atom is -0.465 e. The highest BCUT2D eigenvalue weighted by Crippen LogP contribution is 2.36. The van der Waals surface area contributed by atoms with Crippen LogP contribution in [0.15, 0.2) is 0 Å². The summed E-state index contributed by atoms with van der Waals surface area (Å²) in [6, 6.07) is 0. The fraction of sp³-hybridized carbons (Fsp3) is 0.760. The Morgan fingerprint density at radius 1 is 0.610 bits per heavy atom. The van der Waals surface area contributed by atoms with Crippen LogP contribution in [0.4, 0.5) is 0 Å². The van der Waals surface area contributed by atoms with Crippen LogP contribution < -0.4 is 0 Å². The second kappa shape index (κ2) is 15.0. The van der Waals surface area contributed by atoms with Gasteiger partial charge in [-0.15, -0.1) is 0 Å². The lowest BCUT2D eigenvalue weighted by molar-refractivity contribution is -0.328. The molecule has 41 heavy (non-hydrogen) atoms. The van der Waals surface area contributed by atoms with Crippen molar-refractivity contribution in [2.45, 2.75) is 103 Å². The Bertz CT molecular complexity index is 981. The highest BCUT2D eigenvalue weighted by atomic mass is 16.7. The molecular formula is C25H36O16. The van der Waals surface area contributed by atoms with Gasteiger partial charge in [-0.2, -0.15) is 0 Å². The number of aliphatic hydroxyl groups excluding tert-OH is 2. The van der Waals surface area contributed by atoms with Crippen LogP contribution in [0.5, 0.6) is 0 Å². The Hall–Kier alpha value is -3.34. The molecule has 1 saturated carbocycles. The maximum atomic E-state index is 12.1. The van der Waals surface area contributed by atoms with Gasteiger partial charge in [-0.3, -0.25) is 28.8 Å². The minimum atomic E-state index is -1.84. The normalized spacial score (nSPS) is 33.1. The molecule has 2 rings (SSSR count). The van der Waals surface area contributed by atoms with Crippen molar-refractivity contribution in [2.24, 2.45) is 5.92 Å². The van der Waals surface area contributed by atoms with Gasteiger partial charge < -0.3 is 48.1 Å². The van der Waals surface area contributed by atoms with Crippen molar-refractivity contribution < 1.29 is 76.9 Å². The maximum Gasteiger partial charge on any atom is 0.303 e. The minimum absolute atomic E-state index is 0.147. The summed E-state index contributed by atoms with van der Waals surface area (Å²) in [5.41, 5.74) is 0. The van der Waals surface area contributed by atoms with E-state index in [4.69, 9.17) is 37.9 Å². The van der Waals surface area contributed by atoms with E-state index in [9.17, 15) is 39.0 Å². The molecule has 16 nitrogen and oxygen atoms in total. The molecular weight excluding hydrogens is 556 g/mol. The molecule has 0 bridgehead atoms. The Morgan fingerprint density at radius 2 is 1.07 bits per heavy atom. The highest BCUT2D eigenvalue weighted by molar-refractivity contribution is 5.69. The molecule has 10 atom stereocenters. The summed E-state index contributed by atoms with van der Waals surface area (Å²) in [6.45, 7) is 5.77. The predicted octanol–water partition coefficient (Wildman–Crippen LogP) is -1.31. The van der Waals surface area contributed by atoms with Gasteiger partial charge in [0.05, 0.1) is 6.61 Å². The first-order valence-electron chi connectivity index (χ1n) is 12.7. The smallest absolute Gasteiger partial charge is 0.303 e. The van der Waals surface area contributed by atoms with Crippen LogP contribution in [-0.4, -0.2) is 114 Å². The number of rotatable bonds is 10. The van der Waals surface area contributed by atoms with Crippen molar-refractivity contribution in [2.75, 3.05) is 13.2 Å². The number of aliphatic hydroxyl groups is 2. The molecule has 2 aliphatic rings. The van der Waals surface area contributed by atoms with E-state index >= 15 is 0 Å². The lowest BCUT2D eigenvalue weighted by atomic mass is 9.80. The monoisotopic (exact) mass is 592 g/mol. The third-order valence-corrected chi connectivity index (χ3v) is 6.12. The zero-order chi connectivity index (χ0) is 31.0. The van der Waals surface area contributed by atoms with Crippen LogP contribution in [0.3, 0.4) is 0 Å². The summed E-state index contributed by atoms with van der Waals surface area (Å²) < 4.78 is 43.0. The molecule has 6 unspecified atom stereocenters. The molecule has 0 aromatic rings. The van der Waals surface area contributed by atoms with E-state index < -0.39 is 103 Å². The Balaban J connectivity index is 2.46. The Morgan fingerprint density at radius 3 is 1.59 bits per heavy atom.